The van der Waals surface area contributed by atoms with Crippen molar-refractivity contribution in [2.24, 2.45) is 5.41 Å². The second kappa shape index (κ2) is 6.56. The van der Waals surface area contributed by atoms with Gasteiger partial charge in [0.2, 0.25) is 5.91 Å². The molecule has 0 heterocycles. The van der Waals surface area contributed by atoms with Crippen LogP contribution >= 0.6 is 0 Å². The number of Topliss-reactive ketones (excluding diaryl/α,β-unsaturated/α-hetero) is 1. The molecule has 2 aromatic carbocycles. The minimum atomic E-state index is -0.504. The molecule has 0 aliphatic rings. The average molecular weight is 295 g/mol. The van der Waals surface area contributed by atoms with Crippen LogP contribution in [0.1, 0.15) is 36.7 Å². The standard InChI is InChI=1S/C19H21NO2/c1-19(2,3)18(22)20-16-12-8-7-11-15(16)17(21)13-14-9-5-4-6-10-14/h4-12H,13H2,1-3H3,(H,20,22). The highest BCUT2D eigenvalue weighted by atomic mass is 16.2. The number of hydrogen-bond acceptors (Lipinski definition) is 2. The highest BCUT2D eigenvalue weighted by Crippen LogP contribution is 2.21. The SMILES string of the molecule is CC(C)(C)C(=O)Nc1ccccc1C(=O)Cc1ccccc1. The molecule has 0 spiro atoms. The van der Waals surface area contributed by atoms with Crippen molar-refractivity contribution in [1.29, 1.82) is 0 Å². The molecule has 0 aliphatic carbocycles. The first-order valence-corrected chi connectivity index (χ1v) is 7.35. The zero-order chi connectivity index (χ0) is 16.2. The van der Waals surface area contributed by atoms with Gasteiger partial charge in [-0.15, -0.1) is 0 Å². The van der Waals surface area contributed by atoms with Crippen LogP contribution in [0.5, 0.6) is 0 Å². The van der Waals surface area contributed by atoms with Crippen LogP contribution in [0, 0.1) is 5.41 Å². The van der Waals surface area contributed by atoms with Crippen molar-refractivity contribution in [2.45, 2.75) is 27.2 Å². The molecule has 0 aromatic heterocycles. The van der Waals surface area contributed by atoms with E-state index in [1.165, 1.54) is 0 Å². The number of rotatable bonds is 4. The summed E-state index contributed by atoms with van der Waals surface area (Å²) in [4.78, 5) is 24.7. The summed E-state index contributed by atoms with van der Waals surface area (Å²) < 4.78 is 0. The zero-order valence-corrected chi connectivity index (χ0v) is 13.2. The Morgan fingerprint density at radius 2 is 1.50 bits per heavy atom. The van der Waals surface area contributed by atoms with E-state index >= 15 is 0 Å². The molecule has 0 saturated heterocycles. The monoisotopic (exact) mass is 295 g/mol. The van der Waals surface area contributed by atoms with E-state index in [9.17, 15) is 9.59 Å². The number of hydrogen-bond donors (Lipinski definition) is 1. The smallest absolute Gasteiger partial charge is 0.229 e. The van der Waals surface area contributed by atoms with Crippen molar-refractivity contribution in [3.63, 3.8) is 0 Å². The second-order valence-electron chi connectivity index (χ2n) is 6.34. The molecule has 1 amide bonds. The summed E-state index contributed by atoms with van der Waals surface area (Å²) in [5, 5.41) is 2.86. The Balaban J connectivity index is 2.21. The zero-order valence-electron chi connectivity index (χ0n) is 13.2. The Kier molecular flexibility index (Phi) is 4.76. The highest BCUT2D eigenvalue weighted by molar-refractivity contribution is 6.06. The molecule has 0 radical (unpaired) electrons. The fraction of sp³-hybridized carbons (Fsp3) is 0.263. The van der Waals surface area contributed by atoms with Crippen LogP contribution in [-0.4, -0.2) is 11.7 Å². The summed E-state index contributed by atoms with van der Waals surface area (Å²) in [7, 11) is 0. The van der Waals surface area contributed by atoms with Crippen molar-refractivity contribution >= 4 is 17.4 Å². The van der Waals surface area contributed by atoms with Crippen LogP contribution in [0.25, 0.3) is 0 Å². The summed E-state index contributed by atoms with van der Waals surface area (Å²) in [6.45, 7) is 5.53. The highest BCUT2D eigenvalue weighted by Gasteiger charge is 2.23. The summed E-state index contributed by atoms with van der Waals surface area (Å²) in [6.07, 6.45) is 0.323. The molecule has 0 aliphatic heterocycles. The van der Waals surface area contributed by atoms with Crippen molar-refractivity contribution < 1.29 is 9.59 Å². The maximum Gasteiger partial charge on any atom is 0.229 e. The minimum Gasteiger partial charge on any atom is -0.325 e. The molecular weight excluding hydrogens is 274 g/mol. The van der Waals surface area contributed by atoms with E-state index in [4.69, 9.17) is 0 Å². The number of carbonyl (C=O) groups is 2. The molecule has 114 valence electrons. The average Bonchev–Trinajstić information content (AvgIpc) is 2.47. The summed E-state index contributed by atoms with van der Waals surface area (Å²) in [5.41, 5.74) is 1.58. The van der Waals surface area contributed by atoms with Crippen LogP contribution in [0.15, 0.2) is 54.6 Å². The van der Waals surface area contributed by atoms with Gasteiger partial charge in [-0.25, -0.2) is 0 Å². The van der Waals surface area contributed by atoms with Gasteiger partial charge in [-0.05, 0) is 17.7 Å². The summed E-state index contributed by atoms with van der Waals surface area (Å²) in [6, 6.07) is 16.7. The predicted octanol–water partition coefficient (Wildman–Crippen LogP) is 4.10. The lowest BCUT2D eigenvalue weighted by atomic mass is 9.95. The van der Waals surface area contributed by atoms with Crippen molar-refractivity contribution in [2.75, 3.05) is 5.32 Å². The van der Waals surface area contributed by atoms with Gasteiger partial charge in [0, 0.05) is 17.4 Å². The van der Waals surface area contributed by atoms with E-state index < -0.39 is 5.41 Å². The first kappa shape index (κ1) is 16.0. The largest absolute Gasteiger partial charge is 0.325 e. The van der Waals surface area contributed by atoms with Crippen LogP contribution in [0.3, 0.4) is 0 Å². The van der Waals surface area contributed by atoms with Gasteiger partial charge >= 0.3 is 0 Å². The Hall–Kier alpha value is -2.42. The Labute approximate surface area is 131 Å². The molecule has 22 heavy (non-hydrogen) atoms. The lowest BCUT2D eigenvalue weighted by Crippen LogP contribution is -2.28. The van der Waals surface area contributed by atoms with E-state index in [1.54, 1.807) is 12.1 Å². The van der Waals surface area contributed by atoms with Crippen molar-refractivity contribution in [3.05, 3.63) is 65.7 Å². The van der Waals surface area contributed by atoms with Gasteiger partial charge in [0.15, 0.2) is 5.78 Å². The van der Waals surface area contributed by atoms with Gasteiger partial charge in [0.1, 0.15) is 0 Å². The fourth-order valence-corrected chi connectivity index (χ4v) is 2.02. The molecule has 0 fully saturated rings. The molecular formula is C19H21NO2. The first-order valence-electron chi connectivity index (χ1n) is 7.35. The Morgan fingerprint density at radius 3 is 2.14 bits per heavy atom. The molecule has 0 unspecified atom stereocenters. The van der Waals surface area contributed by atoms with Gasteiger partial charge in [-0.3, -0.25) is 9.59 Å². The van der Waals surface area contributed by atoms with Gasteiger partial charge in [0.25, 0.3) is 0 Å². The summed E-state index contributed by atoms with van der Waals surface area (Å²) >= 11 is 0. The van der Waals surface area contributed by atoms with E-state index in [0.29, 0.717) is 17.7 Å². The number of para-hydroxylation sites is 1. The Morgan fingerprint density at radius 1 is 0.909 bits per heavy atom. The number of nitrogens with one attached hydrogen (secondary N) is 1. The van der Waals surface area contributed by atoms with Crippen molar-refractivity contribution in [3.8, 4) is 0 Å². The molecule has 0 saturated carbocycles. The third-order valence-electron chi connectivity index (χ3n) is 3.36. The fourth-order valence-electron chi connectivity index (χ4n) is 2.02. The molecule has 2 aromatic rings. The van der Waals surface area contributed by atoms with E-state index in [2.05, 4.69) is 5.32 Å². The van der Waals surface area contributed by atoms with E-state index in [1.807, 2.05) is 63.2 Å². The molecule has 3 heteroatoms. The number of carbonyl (C=O) groups excluding carboxylic acids is 2. The van der Waals surface area contributed by atoms with E-state index in [0.717, 1.165) is 5.56 Å². The predicted molar refractivity (Wildman–Crippen MR) is 89.0 cm³/mol. The second-order valence-corrected chi connectivity index (χ2v) is 6.34. The normalized spacial score (nSPS) is 11.0. The molecule has 3 nitrogen and oxygen atoms in total. The third kappa shape index (κ3) is 4.04. The molecule has 0 atom stereocenters. The molecule has 1 N–H and O–H groups in total. The van der Waals surface area contributed by atoms with Gasteiger partial charge in [-0.2, -0.15) is 0 Å². The lowest BCUT2D eigenvalue weighted by Gasteiger charge is -2.19. The van der Waals surface area contributed by atoms with Crippen LogP contribution in [0.2, 0.25) is 0 Å². The Bertz CT molecular complexity index is 669. The number of ketones is 1. The molecule has 2 rings (SSSR count). The number of amides is 1. The van der Waals surface area contributed by atoms with Crippen LogP contribution < -0.4 is 5.32 Å². The number of benzene rings is 2. The molecule has 0 bridgehead atoms. The first-order chi connectivity index (χ1) is 10.4. The summed E-state index contributed by atoms with van der Waals surface area (Å²) in [5.74, 6) is -0.108. The topological polar surface area (TPSA) is 46.2 Å². The minimum absolute atomic E-state index is 0.00370. The number of anilines is 1. The van der Waals surface area contributed by atoms with Gasteiger partial charge in [0.05, 0.1) is 5.69 Å². The third-order valence-corrected chi connectivity index (χ3v) is 3.36. The lowest BCUT2D eigenvalue weighted by molar-refractivity contribution is -0.123. The van der Waals surface area contributed by atoms with Gasteiger partial charge in [-0.1, -0.05) is 63.2 Å². The van der Waals surface area contributed by atoms with Crippen LogP contribution in [-0.2, 0) is 11.2 Å². The maximum atomic E-state index is 12.5. The van der Waals surface area contributed by atoms with Crippen molar-refractivity contribution in [1.82, 2.24) is 0 Å². The quantitative estimate of drug-likeness (QED) is 0.863. The maximum absolute atomic E-state index is 12.5. The van der Waals surface area contributed by atoms with E-state index in [-0.39, 0.29) is 11.7 Å². The van der Waals surface area contributed by atoms with Gasteiger partial charge < -0.3 is 5.32 Å². The van der Waals surface area contributed by atoms with Crippen LogP contribution in [0.4, 0.5) is 5.69 Å².